The average molecular weight is 271 g/mol. The lowest BCUT2D eigenvalue weighted by atomic mass is 10.1. The largest absolute Gasteiger partial charge is 0.399 e. The van der Waals surface area contributed by atoms with E-state index in [2.05, 4.69) is 18.0 Å². The van der Waals surface area contributed by atoms with Crippen molar-refractivity contribution < 1.29 is 4.74 Å². The number of nitrogens with two attached hydrogens (primary N) is 1. The fourth-order valence-electron chi connectivity index (χ4n) is 2.70. The van der Waals surface area contributed by atoms with E-state index in [1.807, 2.05) is 24.3 Å². The third-order valence-electron chi connectivity index (χ3n) is 3.84. The fourth-order valence-corrected chi connectivity index (χ4v) is 2.70. The normalized spacial score (nSPS) is 19.1. The van der Waals surface area contributed by atoms with Crippen LogP contribution < -0.4 is 10.6 Å². The Labute approximate surface area is 119 Å². The molecule has 1 aromatic carbocycles. The molecule has 1 unspecified atom stereocenters. The van der Waals surface area contributed by atoms with E-state index in [9.17, 15) is 0 Å². The molecule has 20 heavy (non-hydrogen) atoms. The van der Waals surface area contributed by atoms with Crippen LogP contribution in [0.1, 0.15) is 19.3 Å². The van der Waals surface area contributed by atoms with Crippen molar-refractivity contribution in [1.82, 2.24) is 4.98 Å². The summed E-state index contributed by atoms with van der Waals surface area (Å²) in [5, 5.41) is 1.08. The van der Waals surface area contributed by atoms with Gasteiger partial charge in [0, 0.05) is 31.3 Å². The Morgan fingerprint density at radius 3 is 3.00 bits per heavy atom. The van der Waals surface area contributed by atoms with Crippen LogP contribution in [0.2, 0.25) is 0 Å². The number of fused-ring (bicyclic) bond motifs is 1. The van der Waals surface area contributed by atoms with Crippen LogP contribution in [0.4, 0.5) is 11.5 Å². The van der Waals surface area contributed by atoms with Gasteiger partial charge in [0.25, 0.3) is 0 Å². The van der Waals surface area contributed by atoms with Gasteiger partial charge in [-0.15, -0.1) is 0 Å². The Morgan fingerprint density at radius 2 is 2.20 bits per heavy atom. The van der Waals surface area contributed by atoms with Gasteiger partial charge in [-0.05, 0) is 49.6 Å². The highest BCUT2D eigenvalue weighted by Gasteiger charge is 2.16. The van der Waals surface area contributed by atoms with Gasteiger partial charge in [-0.3, -0.25) is 0 Å². The molecule has 2 heterocycles. The molecule has 1 saturated heterocycles. The van der Waals surface area contributed by atoms with Gasteiger partial charge in [0.15, 0.2) is 0 Å². The van der Waals surface area contributed by atoms with Gasteiger partial charge in [-0.2, -0.15) is 0 Å². The molecular weight excluding hydrogens is 250 g/mol. The summed E-state index contributed by atoms with van der Waals surface area (Å²) >= 11 is 0. The SMILES string of the molecule is CN(CC1CCCCO1)c1ccc2cc(N)ccc2n1. The number of nitrogens with zero attached hydrogens (tertiary/aromatic N) is 2. The molecule has 106 valence electrons. The number of aromatic nitrogens is 1. The number of pyridine rings is 1. The predicted molar refractivity (Wildman–Crippen MR) is 83.0 cm³/mol. The van der Waals surface area contributed by atoms with Crippen LogP contribution in [0.15, 0.2) is 30.3 Å². The molecule has 0 saturated carbocycles. The molecule has 1 aliphatic rings. The first kappa shape index (κ1) is 13.2. The summed E-state index contributed by atoms with van der Waals surface area (Å²) < 4.78 is 5.79. The number of benzene rings is 1. The standard InChI is InChI=1S/C16H21N3O/c1-19(11-14-4-2-3-9-20-14)16-8-5-12-10-13(17)6-7-15(12)18-16/h5-8,10,14H,2-4,9,11,17H2,1H3. The first-order valence-corrected chi connectivity index (χ1v) is 7.21. The Bertz CT molecular complexity index is 593. The maximum atomic E-state index is 5.79. The molecule has 2 N–H and O–H groups in total. The van der Waals surface area contributed by atoms with Gasteiger partial charge >= 0.3 is 0 Å². The highest BCUT2D eigenvalue weighted by molar-refractivity contribution is 5.83. The molecule has 1 atom stereocenters. The number of anilines is 2. The minimum atomic E-state index is 0.331. The zero-order chi connectivity index (χ0) is 13.9. The summed E-state index contributed by atoms with van der Waals surface area (Å²) in [4.78, 5) is 6.87. The van der Waals surface area contributed by atoms with E-state index in [-0.39, 0.29) is 0 Å². The summed E-state index contributed by atoms with van der Waals surface area (Å²) in [5.41, 5.74) is 7.54. The molecule has 0 bridgehead atoms. The second kappa shape index (κ2) is 5.67. The quantitative estimate of drug-likeness (QED) is 0.872. The van der Waals surface area contributed by atoms with Crippen LogP contribution in [0.25, 0.3) is 10.9 Å². The Morgan fingerprint density at radius 1 is 1.30 bits per heavy atom. The lowest BCUT2D eigenvalue weighted by Gasteiger charge is -2.28. The molecule has 1 fully saturated rings. The van der Waals surface area contributed by atoms with Gasteiger partial charge in [0.05, 0.1) is 11.6 Å². The fraction of sp³-hybridized carbons (Fsp3) is 0.438. The van der Waals surface area contributed by atoms with Crippen molar-refractivity contribution in [3.8, 4) is 0 Å². The number of likely N-dealkylation sites (N-methyl/N-ethyl adjacent to an activating group) is 1. The van der Waals surface area contributed by atoms with Crippen LogP contribution in [0.5, 0.6) is 0 Å². The van der Waals surface area contributed by atoms with E-state index in [0.29, 0.717) is 6.10 Å². The number of hydrogen-bond acceptors (Lipinski definition) is 4. The minimum absolute atomic E-state index is 0.331. The summed E-state index contributed by atoms with van der Waals surface area (Å²) in [6, 6.07) is 9.94. The van der Waals surface area contributed by atoms with Crippen LogP contribution in [-0.2, 0) is 4.74 Å². The second-order valence-electron chi connectivity index (χ2n) is 5.49. The zero-order valence-corrected chi connectivity index (χ0v) is 11.9. The maximum absolute atomic E-state index is 5.79. The van der Waals surface area contributed by atoms with Gasteiger partial charge in [-0.25, -0.2) is 4.98 Å². The predicted octanol–water partition coefficient (Wildman–Crippen LogP) is 2.82. The molecule has 4 nitrogen and oxygen atoms in total. The smallest absolute Gasteiger partial charge is 0.129 e. The van der Waals surface area contributed by atoms with Gasteiger partial charge in [-0.1, -0.05) is 0 Å². The van der Waals surface area contributed by atoms with Crippen LogP contribution in [0, 0.1) is 0 Å². The van der Waals surface area contributed by atoms with Crippen molar-refractivity contribution >= 4 is 22.4 Å². The topological polar surface area (TPSA) is 51.4 Å². The molecular formula is C16H21N3O. The van der Waals surface area contributed by atoms with Gasteiger partial charge in [0.2, 0.25) is 0 Å². The monoisotopic (exact) mass is 271 g/mol. The van der Waals surface area contributed by atoms with Crippen LogP contribution in [0.3, 0.4) is 0 Å². The van der Waals surface area contributed by atoms with Crippen LogP contribution >= 0.6 is 0 Å². The maximum Gasteiger partial charge on any atom is 0.129 e. The first-order chi connectivity index (χ1) is 9.72. The van der Waals surface area contributed by atoms with Crippen LogP contribution in [-0.4, -0.2) is 31.3 Å². The molecule has 0 aliphatic carbocycles. The molecule has 1 aromatic heterocycles. The van der Waals surface area contributed by atoms with E-state index in [1.54, 1.807) is 0 Å². The molecule has 0 radical (unpaired) electrons. The summed E-state index contributed by atoms with van der Waals surface area (Å²) in [6.45, 7) is 1.79. The highest BCUT2D eigenvalue weighted by atomic mass is 16.5. The van der Waals surface area contributed by atoms with Crippen molar-refractivity contribution in [3.63, 3.8) is 0 Å². The lowest BCUT2D eigenvalue weighted by molar-refractivity contribution is 0.0215. The van der Waals surface area contributed by atoms with E-state index in [1.165, 1.54) is 12.8 Å². The number of nitrogen functional groups attached to an aromatic ring is 1. The third kappa shape index (κ3) is 2.85. The molecule has 3 rings (SSSR count). The first-order valence-electron chi connectivity index (χ1n) is 7.21. The molecule has 4 heteroatoms. The third-order valence-corrected chi connectivity index (χ3v) is 3.84. The minimum Gasteiger partial charge on any atom is -0.399 e. The highest BCUT2D eigenvalue weighted by Crippen LogP contribution is 2.21. The number of ether oxygens (including phenoxy) is 1. The van der Waals surface area contributed by atoms with Crippen molar-refractivity contribution in [2.24, 2.45) is 0 Å². The molecule has 2 aromatic rings. The summed E-state index contributed by atoms with van der Waals surface area (Å²) in [7, 11) is 2.07. The van der Waals surface area contributed by atoms with Gasteiger partial charge < -0.3 is 15.4 Å². The van der Waals surface area contributed by atoms with E-state index >= 15 is 0 Å². The van der Waals surface area contributed by atoms with Crippen molar-refractivity contribution in [2.75, 3.05) is 30.8 Å². The second-order valence-corrected chi connectivity index (χ2v) is 5.49. The van der Waals surface area contributed by atoms with Gasteiger partial charge in [0.1, 0.15) is 5.82 Å². The molecule has 0 amide bonds. The zero-order valence-electron chi connectivity index (χ0n) is 11.9. The van der Waals surface area contributed by atoms with E-state index in [4.69, 9.17) is 15.5 Å². The van der Waals surface area contributed by atoms with E-state index < -0.39 is 0 Å². The molecule has 0 spiro atoms. The number of rotatable bonds is 3. The average Bonchev–Trinajstić information content (AvgIpc) is 2.47. The van der Waals surface area contributed by atoms with Crippen molar-refractivity contribution in [2.45, 2.75) is 25.4 Å². The Balaban J connectivity index is 1.76. The Kier molecular flexibility index (Phi) is 3.74. The lowest BCUT2D eigenvalue weighted by Crippen LogP contribution is -2.33. The van der Waals surface area contributed by atoms with E-state index in [0.717, 1.165) is 42.0 Å². The summed E-state index contributed by atoms with van der Waals surface area (Å²) in [6.07, 6.45) is 3.94. The van der Waals surface area contributed by atoms with Crippen molar-refractivity contribution in [3.05, 3.63) is 30.3 Å². The Hall–Kier alpha value is -1.81. The molecule has 1 aliphatic heterocycles. The number of hydrogen-bond donors (Lipinski definition) is 1. The van der Waals surface area contributed by atoms with Crippen molar-refractivity contribution in [1.29, 1.82) is 0 Å². The summed E-state index contributed by atoms with van der Waals surface area (Å²) in [5.74, 6) is 0.983.